The van der Waals surface area contributed by atoms with Crippen LogP contribution in [0.4, 0.5) is 0 Å². The first-order chi connectivity index (χ1) is 12.5. The molecule has 0 radical (unpaired) electrons. The monoisotopic (exact) mass is 355 g/mol. The average molecular weight is 355 g/mol. The molecule has 1 amide bonds. The molecule has 1 fully saturated rings. The Bertz CT molecular complexity index is 802. The van der Waals surface area contributed by atoms with Crippen molar-refractivity contribution in [3.05, 3.63) is 47.8 Å². The van der Waals surface area contributed by atoms with Gasteiger partial charge in [-0.25, -0.2) is 9.97 Å². The zero-order chi connectivity index (χ0) is 18.6. The molecule has 0 atom stereocenters. The zero-order valence-corrected chi connectivity index (χ0v) is 14.6. The van der Waals surface area contributed by atoms with E-state index in [4.69, 9.17) is 4.74 Å². The van der Waals surface area contributed by atoms with Crippen molar-refractivity contribution in [3.8, 4) is 11.4 Å². The lowest BCUT2D eigenvalue weighted by atomic mass is 9.86. The number of rotatable bonds is 5. The number of hydrogen-bond donors (Lipinski definition) is 2. The molecule has 1 aromatic carbocycles. The van der Waals surface area contributed by atoms with Gasteiger partial charge in [-0.1, -0.05) is 30.3 Å². The summed E-state index contributed by atoms with van der Waals surface area (Å²) in [5, 5.41) is 12.1. The van der Waals surface area contributed by atoms with Crippen LogP contribution < -0.4 is 5.32 Å². The second-order valence-corrected chi connectivity index (χ2v) is 6.48. The minimum absolute atomic E-state index is 0.135. The van der Waals surface area contributed by atoms with Gasteiger partial charge in [-0.15, -0.1) is 0 Å². The summed E-state index contributed by atoms with van der Waals surface area (Å²) in [4.78, 5) is 32.7. The van der Waals surface area contributed by atoms with Crippen LogP contribution in [-0.2, 0) is 9.53 Å². The van der Waals surface area contributed by atoms with Crippen molar-refractivity contribution in [1.29, 1.82) is 0 Å². The quantitative estimate of drug-likeness (QED) is 0.853. The number of aryl methyl sites for hydroxylation is 1. The molecule has 3 rings (SSSR count). The first-order valence-corrected chi connectivity index (χ1v) is 8.50. The van der Waals surface area contributed by atoms with Gasteiger partial charge in [-0.05, 0) is 19.8 Å². The SMILES string of the molecule is Cc1nc(-c2ccccc2)ncc1C(=O)NC1(CC(=O)O)CCOCC1. The summed E-state index contributed by atoms with van der Waals surface area (Å²) in [5.41, 5.74) is 0.968. The van der Waals surface area contributed by atoms with Gasteiger partial charge in [0.25, 0.3) is 5.91 Å². The number of aromatic nitrogens is 2. The van der Waals surface area contributed by atoms with Crippen LogP contribution in [0.5, 0.6) is 0 Å². The van der Waals surface area contributed by atoms with Gasteiger partial charge in [0, 0.05) is 25.0 Å². The number of carboxylic acid groups (broad SMARTS) is 1. The third-order valence-electron chi connectivity index (χ3n) is 4.57. The second-order valence-electron chi connectivity index (χ2n) is 6.48. The van der Waals surface area contributed by atoms with E-state index >= 15 is 0 Å². The number of benzene rings is 1. The molecule has 136 valence electrons. The number of carbonyl (C=O) groups is 2. The molecule has 1 saturated heterocycles. The first-order valence-electron chi connectivity index (χ1n) is 8.50. The van der Waals surface area contributed by atoms with Gasteiger partial charge in [0.1, 0.15) is 0 Å². The molecule has 2 N–H and O–H groups in total. The summed E-state index contributed by atoms with van der Waals surface area (Å²) in [6, 6.07) is 9.51. The van der Waals surface area contributed by atoms with Gasteiger partial charge in [-0.2, -0.15) is 0 Å². The molecule has 1 aliphatic rings. The Labute approximate surface area is 151 Å². The van der Waals surface area contributed by atoms with Crippen LogP contribution in [0, 0.1) is 6.92 Å². The molecule has 7 nitrogen and oxygen atoms in total. The summed E-state index contributed by atoms with van der Waals surface area (Å²) >= 11 is 0. The zero-order valence-electron chi connectivity index (χ0n) is 14.6. The van der Waals surface area contributed by atoms with Crippen LogP contribution in [0.1, 0.15) is 35.3 Å². The van der Waals surface area contributed by atoms with E-state index in [-0.39, 0.29) is 12.3 Å². The standard InChI is InChI=1S/C19H21N3O4/c1-13-15(12-20-17(21-13)14-5-3-2-4-6-14)18(25)22-19(11-16(23)24)7-9-26-10-8-19/h2-6,12H,7-11H2,1H3,(H,22,25)(H,23,24). The maximum absolute atomic E-state index is 12.7. The molecule has 2 aromatic rings. The molecule has 0 saturated carbocycles. The topological polar surface area (TPSA) is 101 Å². The Kier molecular flexibility index (Phi) is 5.27. The van der Waals surface area contributed by atoms with E-state index in [0.717, 1.165) is 5.56 Å². The number of amides is 1. The lowest BCUT2D eigenvalue weighted by molar-refractivity contribution is -0.139. The summed E-state index contributed by atoms with van der Waals surface area (Å²) in [7, 11) is 0. The van der Waals surface area contributed by atoms with E-state index in [1.54, 1.807) is 6.92 Å². The highest BCUT2D eigenvalue weighted by Gasteiger charge is 2.37. The number of carbonyl (C=O) groups excluding carboxylic acids is 1. The van der Waals surface area contributed by atoms with Crippen molar-refractivity contribution in [2.75, 3.05) is 13.2 Å². The molecule has 7 heteroatoms. The fourth-order valence-corrected chi connectivity index (χ4v) is 3.12. The second kappa shape index (κ2) is 7.61. The fourth-order valence-electron chi connectivity index (χ4n) is 3.12. The Balaban J connectivity index is 1.81. The van der Waals surface area contributed by atoms with E-state index in [1.165, 1.54) is 6.20 Å². The van der Waals surface area contributed by atoms with Crippen molar-refractivity contribution >= 4 is 11.9 Å². The highest BCUT2D eigenvalue weighted by atomic mass is 16.5. The lowest BCUT2D eigenvalue weighted by Crippen LogP contribution is -2.53. The Hall–Kier alpha value is -2.80. The molecule has 0 spiro atoms. The van der Waals surface area contributed by atoms with Crippen molar-refractivity contribution in [3.63, 3.8) is 0 Å². The van der Waals surface area contributed by atoms with Crippen LogP contribution in [0.15, 0.2) is 36.5 Å². The maximum atomic E-state index is 12.7. The van der Waals surface area contributed by atoms with Crippen molar-refractivity contribution in [1.82, 2.24) is 15.3 Å². The Morgan fingerprint density at radius 1 is 1.23 bits per heavy atom. The number of nitrogens with zero attached hydrogens (tertiary/aromatic N) is 2. The third-order valence-corrected chi connectivity index (χ3v) is 4.57. The van der Waals surface area contributed by atoms with Crippen molar-refractivity contribution in [2.24, 2.45) is 0 Å². The molecular formula is C19H21N3O4. The smallest absolute Gasteiger partial charge is 0.305 e. The van der Waals surface area contributed by atoms with Crippen LogP contribution in [0.2, 0.25) is 0 Å². The van der Waals surface area contributed by atoms with Crippen LogP contribution in [0.25, 0.3) is 11.4 Å². The highest BCUT2D eigenvalue weighted by Crippen LogP contribution is 2.25. The summed E-state index contributed by atoms with van der Waals surface area (Å²) < 4.78 is 5.31. The summed E-state index contributed by atoms with van der Waals surface area (Å²) in [6.45, 7) is 2.60. The molecule has 0 aliphatic carbocycles. The molecule has 1 aliphatic heterocycles. The largest absolute Gasteiger partial charge is 0.481 e. The van der Waals surface area contributed by atoms with E-state index in [2.05, 4.69) is 15.3 Å². The van der Waals surface area contributed by atoms with Crippen LogP contribution in [0.3, 0.4) is 0 Å². The number of hydrogen-bond acceptors (Lipinski definition) is 5. The number of nitrogens with one attached hydrogen (secondary N) is 1. The number of aliphatic carboxylic acids is 1. The molecule has 0 unspecified atom stereocenters. The van der Waals surface area contributed by atoms with Crippen LogP contribution >= 0.6 is 0 Å². The van der Waals surface area contributed by atoms with Crippen molar-refractivity contribution < 1.29 is 19.4 Å². The molecule has 1 aromatic heterocycles. The molecular weight excluding hydrogens is 334 g/mol. The predicted molar refractivity (Wildman–Crippen MR) is 94.7 cm³/mol. The maximum Gasteiger partial charge on any atom is 0.305 e. The van der Waals surface area contributed by atoms with E-state index in [0.29, 0.717) is 43.1 Å². The van der Waals surface area contributed by atoms with E-state index < -0.39 is 11.5 Å². The van der Waals surface area contributed by atoms with Gasteiger partial charge in [0.15, 0.2) is 5.82 Å². The summed E-state index contributed by atoms with van der Waals surface area (Å²) in [5.74, 6) is -0.754. The van der Waals surface area contributed by atoms with Gasteiger partial charge >= 0.3 is 5.97 Å². The lowest BCUT2D eigenvalue weighted by Gasteiger charge is -2.36. The molecule has 0 bridgehead atoms. The fraction of sp³-hybridized carbons (Fsp3) is 0.368. The third kappa shape index (κ3) is 4.05. The number of ether oxygens (including phenoxy) is 1. The van der Waals surface area contributed by atoms with Gasteiger partial charge in [-0.3, -0.25) is 9.59 Å². The average Bonchev–Trinajstić information content (AvgIpc) is 2.62. The minimum atomic E-state index is -0.945. The first kappa shape index (κ1) is 18.0. The Morgan fingerprint density at radius 2 is 1.92 bits per heavy atom. The van der Waals surface area contributed by atoms with Crippen molar-refractivity contribution in [2.45, 2.75) is 31.7 Å². The van der Waals surface area contributed by atoms with Gasteiger partial charge in [0.05, 0.1) is 23.2 Å². The number of carboxylic acids is 1. The molecule has 2 heterocycles. The highest BCUT2D eigenvalue weighted by molar-refractivity contribution is 5.95. The van der Waals surface area contributed by atoms with Crippen LogP contribution in [-0.4, -0.2) is 45.7 Å². The molecule has 26 heavy (non-hydrogen) atoms. The van der Waals surface area contributed by atoms with E-state index in [1.807, 2.05) is 30.3 Å². The summed E-state index contributed by atoms with van der Waals surface area (Å²) in [6.07, 6.45) is 2.29. The van der Waals surface area contributed by atoms with Gasteiger partial charge < -0.3 is 15.2 Å². The normalized spacial score (nSPS) is 16.0. The Morgan fingerprint density at radius 3 is 2.54 bits per heavy atom. The minimum Gasteiger partial charge on any atom is -0.481 e. The van der Waals surface area contributed by atoms with E-state index in [9.17, 15) is 14.7 Å². The predicted octanol–water partition coefficient (Wildman–Crippen LogP) is 2.21. The van der Waals surface area contributed by atoms with Gasteiger partial charge in [0.2, 0.25) is 0 Å².